The summed E-state index contributed by atoms with van der Waals surface area (Å²) in [6.07, 6.45) is -0.703. The van der Waals surface area contributed by atoms with Gasteiger partial charge in [0.1, 0.15) is 5.75 Å². The maximum absolute atomic E-state index is 11.9. The topological polar surface area (TPSA) is 66.9 Å². The number of carbonyl (C=O) groups is 2. The Morgan fingerprint density at radius 1 is 1.40 bits per heavy atom. The van der Waals surface area contributed by atoms with E-state index in [9.17, 15) is 14.7 Å². The average Bonchev–Trinajstić information content (AvgIpc) is 2.89. The van der Waals surface area contributed by atoms with Crippen molar-refractivity contribution in [2.24, 2.45) is 0 Å². The van der Waals surface area contributed by atoms with Crippen LogP contribution in [0.25, 0.3) is 0 Å². The van der Waals surface area contributed by atoms with Crippen molar-refractivity contribution in [3.8, 4) is 5.75 Å². The Labute approximate surface area is 85.5 Å². The second-order valence-electron chi connectivity index (χ2n) is 4.00. The highest BCUT2D eigenvalue weighted by atomic mass is 16.6. The lowest BCUT2D eigenvalue weighted by molar-refractivity contribution is 0.0873. The van der Waals surface area contributed by atoms with E-state index in [4.69, 9.17) is 4.74 Å². The van der Waals surface area contributed by atoms with Crippen molar-refractivity contribution in [3.63, 3.8) is 0 Å². The molecule has 0 spiro atoms. The van der Waals surface area contributed by atoms with Crippen LogP contribution in [0.1, 0.15) is 27.6 Å². The van der Waals surface area contributed by atoms with Crippen molar-refractivity contribution in [2.75, 3.05) is 0 Å². The number of phenolic OH excluding ortho intramolecular Hbond substituents is 1. The number of phenols is 1. The summed E-state index contributed by atoms with van der Waals surface area (Å²) < 4.78 is 5.12. The fourth-order valence-corrected chi connectivity index (χ4v) is 2.07. The number of benzene rings is 1. The fraction of sp³-hybridized carbons (Fsp3) is 0.273. The molecule has 4 heteroatoms. The Balaban J connectivity index is 2.30. The van der Waals surface area contributed by atoms with Gasteiger partial charge in [-0.15, -0.1) is 0 Å². The number of rotatable bonds is 0. The molecule has 0 bridgehead atoms. The Morgan fingerprint density at radius 2 is 2.13 bits per heavy atom. The number of ether oxygens (including phenoxy) is 1. The molecule has 0 radical (unpaired) electrons. The average molecular weight is 204 g/mol. The third kappa shape index (κ3) is 0.849. The van der Waals surface area contributed by atoms with Crippen LogP contribution in [0.3, 0.4) is 0 Å². The van der Waals surface area contributed by atoms with Gasteiger partial charge in [-0.25, -0.2) is 0 Å². The van der Waals surface area contributed by atoms with Crippen molar-refractivity contribution >= 4 is 11.6 Å². The smallest absolute Gasteiger partial charge is 0.199 e. The van der Waals surface area contributed by atoms with E-state index in [1.54, 1.807) is 19.1 Å². The molecule has 3 rings (SSSR count). The normalized spacial score (nSPS) is 32.2. The molecule has 1 saturated heterocycles. The Kier molecular flexibility index (Phi) is 1.31. The second-order valence-corrected chi connectivity index (χ2v) is 4.00. The van der Waals surface area contributed by atoms with Gasteiger partial charge in [0, 0.05) is 5.56 Å². The Hall–Kier alpha value is -1.68. The largest absolute Gasteiger partial charge is 0.507 e. The van der Waals surface area contributed by atoms with Gasteiger partial charge in [-0.3, -0.25) is 9.59 Å². The third-order valence-electron chi connectivity index (χ3n) is 3.03. The maximum atomic E-state index is 11.9. The first-order valence-corrected chi connectivity index (χ1v) is 4.64. The van der Waals surface area contributed by atoms with Gasteiger partial charge in [-0.1, -0.05) is 12.1 Å². The molecular weight excluding hydrogens is 196 g/mol. The van der Waals surface area contributed by atoms with Gasteiger partial charge in [-0.2, -0.15) is 0 Å². The first-order valence-electron chi connectivity index (χ1n) is 4.64. The zero-order chi connectivity index (χ0) is 10.8. The molecule has 0 aromatic heterocycles. The molecule has 1 aromatic carbocycles. The van der Waals surface area contributed by atoms with E-state index in [2.05, 4.69) is 0 Å². The molecule has 76 valence electrons. The maximum Gasteiger partial charge on any atom is 0.199 e. The predicted octanol–water partition coefficient (Wildman–Crippen LogP) is 0.929. The Morgan fingerprint density at radius 3 is 2.87 bits per heavy atom. The zero-order valence-corrected chi connectivity index (χ0v) is 7.98. The van der Waals surface area contributed by atoms with Crippen LogP contribution < -0.4 is 0 Å². The molecule has 1 aromatic rings. The summed E-state index contributed by atoms with van der Waals surface area (Å²) in [6.45, 7) is 1.60. The van der Waals surface area contributed by atoms with Gasteiger partial charge in [-0.05, 0) is 13.0 Å². The van der Waals surface area contributed by atoms with Crippen LogP contribution in [0, 0.1) is 0 Å². The molecule has 1 fully saturated rings. The molecule has 1 N–H and O–H groups in total. The van der Waals surface area contributed by atoms with Crippen molar-refractivity contribution in [1.29, 1.82) is 0 Å². The highest BCUT2D eigenvalue weighted by molar-refractivity contribution is 6.23. The van der Waals surface area contributed by atoms with Gasteiger partial charge >= 0.3 is 0 Å². The molecule has 15 heavy (non-hydrogen) atoms. The lowest BCUT2D eigenvalue weighted by Gasteiger charge is -2.15. The second kappa shape index (κ2) is 2.28. The van der Waals surface area contributed by atoms with Crippen molar-refractivity contribution in [3.05, 3.63) is 29.3 Å². The van der Waals surface area contributed by atoms with Crippen LogP contribution in [0.15, 0.2) is 18.2 Å². The molecule has 1 aliphatic carbocycles. The molecular formula is C11H8O4. The molecule has 1 heterocycles. The number of Topliss-reactive ketones (excluding diaryl/α,β-unsaturated/α-hetero) is 2. The number of epoxide rings is 1. The minimum Gasteiger partial charge on any atom is -0.507 e. The van der Waals surface area contributed by atoms with Gasteiger partial charge in [0.25, 0.3) is 0 Å². The summed E-state index contributed by atoms with van der Waals surface area (Å²) in [5.41, 5.74) is -0.628. The van der Waals surface area contributed by atoms with E-state index in [1.165, 1.54) is 6.07 Å². The number of hydrogen-bond acceptors (Lipinski definition) is 4. The van der Waals surface area contributed by atoms with Crippen LogP contribution in [0.2, 0.25) is 0 Å². The number of aromatic hydroxyl groups is 1. The minimum absolute atomic E-state index is 0.0995. The van der Waals surface area contributed by atoms with Crippen molar-refractivity contribution in [2.45, 2.75) is 18.6 Å². The van der Waals surface area contributed by atoms with Gasteiger partial charge < -0.3 is 9.84 Å². The summed E-state index contributed by atoms with van der Waals surface area (Å²) in [7, 11) is 0. The molecule has 0 saturated carbocycles. The van der Waals surface area contributed by atoms with Crippen LogP contribution >= 0.6 is 0 Å². The lowest BCUT2D eigenvalue weighted by Crippen LogP contribution is -2.34. The van der Waals surface area contributed by atoms with Crippen LogP contribution in [-0.2, 0) is 4.74 Å². The SMILES string of the molecule is CC12OC1C(=O)c1c(O)cccc1C2=O. The van der Waals surface area contributed by atoms with E-state index >= 15 is 0 Å². The lowest BCUT2D eigenvalue weighted by atomic mass is 9.82. The summed E-state index contributed by atoms with van der Waals surface area (Å²) >= 11 is 0. The van der Waals surface area contributed by atoms with Gasteiger partial charge in [0.05, 0.1) is 5.56 Å². The number of ketones is 2. The fourth-order valence-electron chi connectivity index (χ4n) is 2.07. The number of hydrogen-bond donors (Lipinski definition) is 1. The highest BCUT2D eigenvalue weighted by Gasteiger charge is 2.66. The van der Waals surface area contributed by atoms with Gasteiger partial charge in [0.15, 0.2) is 23.3 Å². The Bertz CT molecular complexity index is 505. The quantitative estimate of drug-likeness (QED) is 0.638. The molecule has 1 aliphatic heterocycles. The van der Waals surface area contributed by atoms with Crippen LogP contribution in [-0.4, -0.2) is 28.4 Å². The summed E-state index contributed by atoms with van der Waals surface area (Å²) in [5.74, 6) is -0.674. The number of fused-ring (bicyclic) bond motifs is 2. The van der Waals surface area contributed by atoms with E-state index < -0.39 is 11.7 Å². The molecule has 2 atom stereocenters. The van der Waals surface area contributed by atoms with Crippen molar-refractivity contribution < 1.29 is 19.4 Å². The number of carbonyl (C=O) groups excluding carboxylic acids is 2. The first kappa shape index (κ1) is 8.61. The van der Waals surface area contributed by atoms with Gasteiger partial charge in [0.2, 0.25) is 0 Å². The molecule has 0 amide bonds. The summed E-state index contributed by atoms with van der Waals surface area (Å²) in [5, 5.41) is 9.54. The summed E-state index contributed by atoms with van der Waals surface area (Å²) in [6, 6.07) is 4.49. The highest BCUT2D eigenvalue weighted by Crippen LogP contribution is 2.47. The zero-order valence-electron chi connectivity index (χ0n) is 7.98. The summed E-state index contributed by atoms with van der Waals surface area (Å²) in [4.78, 5) is 23.7. The first-order chi connectivity index (χ1) is 7.05. The van der Waals surface area contributed by atoms with Crippen LogP contribution in [0.4, 0.5) is 0 Å². The standard InChI is InChI=1S/C11H8O4/c1-11-9(14)5-3-2-4-6(12)7(5)8(13)10(11)15-11/h2-4,10,12H,1H3. The van der Waals surface area contributed by atoms with Crippen molar-refractivity contribution in [1.82, 2.24) is 0 Å². The van der Waals surface area contributed by atoms with E-state index in [0.29, 0.717) is 0 Å². The monoisotopic (exact) mass is 204 g/mol. The van der Waals surface area contributed by atoms with E-state index in [-0.39, 0.29) is 28.4 Å². The minimum atomic E-state index is -0.988. The van der Waals surface area contributed by atoms with E-state index in [1.807, 2.05) is 0 Å². The molecule has 2 unspecified atom stereocenters. The predicted molar refractivity (Wildman–Crippen MR) is 50.0 cm³/mol. The third-order valence-corrected chi connectivity index (χ3v) is 3.03. The molecule has 4 nitrogen and oxygen atoms in total. The molecule has 2 aliphatic rings. The van der Waals surface area contributed by atoms with E-state index in [0.717, 1.165) is 0 Å². The van der Waals surface area contributed by atoms with Crippen LogP contribution in [0.5, 0.6) is 5.75 Å².